The minimum atomic E-state index is -0.0362. The van der Waals surface area contributed by atoms with Crippen LogP contribution in [0.3, 0.4) is 0 Å². The van der Waals surface area contributed by atoms with Crippen LogP contribution >= 0.6 is 12.4 Å². The molecule has 2 rings (SSSR count). The Morgan fingerprint density at radius 1 is 1.27 bits per heavy atom. The molecule has 120 valence electrons. The summed E-state index contributed by atoms with van der Waals surface area (Å²) in [7, 11) is 0. The molecule has 1 unspecified atom stereocenters. The molecule has 0 fully saturated rings. The summed E-state index contributed by atoms with van der Waals surface area (Å²) in [6, 6.07) is 12.1. The summed E-state index contributed by atoms with van der Waals surface area (Å²) >= 11 is 0. The van der Waals surface area contributed by atoms with E-state index < -0.39 is 0 Å². The zero-order valence-electron chi connectivity index (χ0n) is 13.3. The van der Waals surface area contributed by atoms with Crippen LogP contribution in [0.1, 0.15) is 35.1 Å². The van der Waals surface area contributed by atoms with Crippen LogP contribution in [0.25, 0.3) is 5.69 Å². The van der Waals surface area contributed by atoms with Crippen molar-refractivity contribution in [1.82, 2.24) is 9.88 Å². The van der Waals surface area contributed by atoms with Gasteiger partial charge < -0.3 is 15.6 Å². The number of para-hydroxylation sites is 1. The van der Waals surface area contributed by atoms with Crippen molar-refractivity contribution in [3.05, 3.63) is 53.3 Å². The zero-order valence-corrected chi connectivity index (χ0v) is 14.1. The largest absolute Gasteiger partial charge is 0.352 e. The highest BCUT2D eigenvalue weighted by Gasteiger charge is 2.16. The topological polar surface area (TPSA) is 60.1 Å². The number of aryl methyl sites for hydroxylation is 1. The van der Waals surface area contributed by atoms with Gasteiger partial charge >= 0.3 is 0 Å². The predicted octanol–water partition coefficient (Wildman–Crippen LogP) is 2.98. The number of amides is 1. The van der Waals surface area contributed by atoms with E-state index in [9.17, 15) is 4.79 Å². The molecule has 2 aromatic rings. The van der Waals surface area contributed by atoms with Gasteiger partial charge in [-0.1, -0.05) is 18.2 Å². The van der Waals surface area contributed by atoms with Gasteiger partial charge in [0, 0.05) is 29.7 Å². The highest BCUT2D eigenvalue weighted by Crippen LogP contribution is 2.20. The highest BCUT2D eigenvalue weighted by atomic mass is 35.5. The molecule has 22 heavy (non-hydrogen) atoms. The molecule has 0 radical (unpaired) electrons. The van der Waals surface area contributed by atoms with E-state index in [4.69, 9.17) is 5.73 Å². The van der Waals surface area contributed by atoms with Crippen molar-refractivity contribution in [3.63, 3.8) is 0 Å². The number of carbonyl (C=O) groups excluding carboxylic acids is 1. The number of hydrogen-bond acceptors (Lipinski definition) is 2. The van der Waals surface area contributed by atoms with E-state index in [1.54, 1.807) is 0 Å². The number of hydrogen-bond donors (Lipinski definition) is 2. The fraction of sp³-hybridized carbons (Fsp3) is 0.353. The maximum absolute atomic E-state index is 12.3. The van der Waals surface area contributed by atoms with E-state index >= 15 is 0 Å². The quantitative estimate of drug-likeness (QED) is 0.889. The molecule has 1 aromatic heterocycles. The number of nitrogens with zero attached hydrogens (tertiary/aromatic N) is 1. The average molecular weight is 322 g/mol. The molecule has 1 aromatic carbocycles. The number of rotatable bonds is 5. The monoisotopic (exact) mass is 321 g/mol. The molecule has 1 heterocycles. The normalized spacial score (nSPS) is 11.6. The fourth-order valence-corrected chi connectivity index (χ4v) is 2.48. The van der Waals surface area contributed by atoms with E-state index in [1.807, 2.05) is 57.2 Å². The number of aromatic nitrogens is 1. The number of halogens is 1. The minimum Gasteiger partial charge on any atom is -0.352 e. The van der Waals surface area contributed by atoms with E-state index in [0.29, 0.717) is 6.54 Å². The van der Waals surface area contributed by atoms with Gasteiger partial charge in [0.15, 0.2) is 0 Å². The maximum atomic E-state index is 12.3. The van der Waals surface area contributed by atoms with Crippen LogP contribution in [0.5, 0.6) is 0 Å². The van der Waals surface area contributed by atoms with Gasteiger partial charge in [-0.25, -0.2) is 0 Å². The summed E-state index contributed by atoms with van der Waals surface area (Å²) in [5, 5.41) is 2.93. The molecule has 1 atom stereocenters. The maximum Gasteiger partial charge on any atom is 0.253 e. The van der Waals surface area contributed by atoms with Gasteiger partial charge in [0.05, 0.1) is 5.56 Å². The van der Waals surface area contributed by atoms with E-state index in [2.05, 4.69) is 9.88 Å². The molecular formula is C17H24ClN3O. The Labute approximate surface area is 138 Å². The van der Waals surface area contributed by atoms with Crippen LogP contribution in [0.4, 0.5) is 0 Å². The molecule has 4 nitrogen and oxygen atoms in total. The van der Waals surface area contributed by atoms with Crippen molar-refractivity contribution in [3.8, 4) is 5.69 Å². The Bertz CT molecular complexity index is 620. The lowest BCUT2D eigenvalue weighted by molar-refractivity contribution is 0.0952. The fourth-order valence-electron chi connectivity index (χ4n) is 2.48. The molecule has 0 aliphatic rings. The van der Waals surface area contributed by atoms with Crippen molar-refractivity contribution in [2.24, 2.45) is 5.73 Å². The van der Waals surface area contributed by atoms with Crippen molar-refractivity contribution >= 4 is 18.3 Å². The molecule has 0 bridgehead atoms. The van der Waals surface area contributed by atoms with Crippen LogP contribution in [-0.4, -0.2) is 23.1 Å². The number of benzene rings is 1. The number of nitrogens with one attached hydrogen (secondary N) is 1. The molecule has 1 amide bonds. The van der Waals surface area contributed by atoms with Gasteiger partial charge in [0.2, 0.25) is 0 Å². The summed E-state index contributed by atoms with van der Waals surface area (Å²) in [6.45, 7) is 6.53. The molecule has 3 N–H and O–H groups in total. The Kier molecular flexibility index (Phi) is 6.65. The van der Waals surface area contributed by atoms with Crippen molar-refractivity contribution in [2.75, 3.05) is 6.54 Å². The Hall–Kier alpha value is -1.78. The van der Waals surface area contributed by atoms with E-state index in [-0.39, 0.29) is 24.4 Å². The van der Waals surface area contributed by atoms with E-state index in [0.717, 1.165) is 29.1 Å². The van der Waals surface area contributed by atoms with Gasteiger partial charge in [-0.05, 0) is 45.4 Å². The van der Waals surface area contributed by atoms with Crippen LogP contribution in [0.2, 0.25) is 0 Å². The van der Waals surface area contributed by atoms with E-state index in [1.165, 1.54) is 0 Å². The van der Waals surface area contributed by atoms with Crippen molar-refractivity contribution in [1.29, 1.82) is 0 Å². The van der Waals surface area contributed by atoms with Crippen LogP contribution in [0.15, 0.2) is 36.4 Å². The van der Waals surface area contributed by atoms with Crippen LogP contribution in [-0.2, 0) is 0 Å². The lowest BCUT2D eigenvalue weighted by Crippen LogP contribution is -2.29. The SMILES string of the molecule is Cc1cc(C(=O)NCCC(C)N)c(C)n1-c1ccccc1.Cl. The number of nitrogens with two attached hydrogens (primary N) is 1. The second-order valence-corrected chi connectivity index (χ2v) is 5.48. The summed E-state index contributed by atoms with van der Waals surface area (Å²) in [4.78, 5) is 12.3. The first-order chi connectivity index (χ1) is 10.0. The Morgan fingerprint density at radius 3 is 2.50 bits per heavy atom. The zero-order chi connectivity index (χ0) is 15.4. The number of carbonyl (C=O) groups is 1. The third kappa shape index (κ3) is 4.12. The van der Waals surface area contributed by atoms with Crippen LogP contribution in [0, 0.1) is 13.8 Å². The first-order valence-corrected chi connectivity index (χ1v) is 7.29. The molecule has 0 spiro atoms. The summed E-state index contributed by atoms with van der Waals surface area (Å²) < 4.78 is 2.10. The molecule has 0 aliphatic heterocycles. The smallest absolute Gasteiger partial charge is 0.253 e. The Morgan fingerprint density at radius 2 is 1.91 bits per heavy atom. The lowest BCUT2D eigenvalue weighted by atomic mass is 10.2. The molecule has 0 aliphatic carbocycles. The predicted molar refractivity (Wildman–Crippen MR) is 93.1 cm³/mol. The van der Waals surface area contributed by atoms with Gasteiger partial charge in [0.25, 0.3) is 5.91 Å². The highest BCUT2D eigenvalue weighted by molar-refractivity contribution is 5.95. The summed E-state index contributed by atoms with van der Waals surface area (Å²) in [5.74, 6) is -0.0362. The first kappa shape index (κ1) is 18.3. The third-order valence-corrected chi connectivity index (χ3v) is 3.58. The average Bonchev–Trinajstić information content (AvgIpc) is 2.74. The van der Waals surface area contributed by atoms with Gasteiger partial charge in [-0.15, -0.1) is 12.4 Å². The van der Waals surface area contributed by atoms with Crippen molar-refractivity contribution in [2.45, 2.75) is 33.2 Å². The second kappa shape index (κ2) is 8.01. The Balaban J connectivity index is 0.00000242. The van der Waals surface area contributed by atoms with Gasteiger partial charge in [0.1, 0.15) is 0 Å². The summed E-state index contributed by atoms with van der Waals surface area (Å²) in [5.41, 5.74) is 9.50. The molecule has 0 saturated heterocycles. The second-order valence-electron chi connectivity index (χ2n) is 5.48. The van der Waals surface area contributed by atoms with Crippen molar-refractivity contribution < 1.29 is 4.79 Å². The minimum absolute atomic E-state index is 0. The lowest BCUT2D eigenvalue weighted by Gasteiger charge is -2.10. The van der Waals surface area contributed by atoms with Gasteiger partial charge in [-0.2, -0.15) is 0 Å². The summed E-state index contributed by atoms with van der Waals surface area (Å²) in [6.07, 6.45) is 0.781. The third-order valence-electron chi connectivity index (χ3n) is 3.58. The molecule has 5 heteroatoms. The first-order valence-electron chi connectivity index (χ1n) is 7.29. The van der Waals surface area contributed by atoms with Crippen LogP contribution < -0.4 is 11.1 Å². The van der Waals surface area contributed by atoms with Gasteiger partial charge in [-0.3, -0.25) is 4.79 Å². The standard InChI is InChI=1S/C17H23N3O.ClH/c1-12(18)9-10-19-17(21)16-11-13(2)20(14(16)3)15-7-5-4-6-8-15;/h4-8,11-12H,9-10,18H2,1-3H3,(H,19,21);1H. The molecular weight excluding hydrogens is 298 g/mol. The molecule has 0 saturated carbocycles.